The number of nitrogens with one attached hydrogen (secondary N) is 1. The summed E-state index contributed by atoms with van der Waals surface area (Å²) in [6.07, 6.45) is 0. The Balaban J connectivity index is 2.51. The molecular weight excluding hydrogens is 204 g/mol. The molecule has 0 aliphatic heterocycles. The molecule has 0 fully saturated rings. The van der Waals surface area contributed by atoms with E-state index in [1.807, 2.05) is 5.32 Å². The number of carbonyl (C=O) groups excluding carboxylic acids is 1. The van der Waals surface area contributed by atoms with E-state index in [2.05, 4.69) is 0 Å². The van der Waals surface area contributed by atoms with Crippen LogP contribution < -0.4 is 5.32 Å². The lowest BCUT2D eigenvalue weighted by Gasteiger charge is -2.13. The van der Waals surface area contributed by atoms with Gasteiger partial charge in [-0.15, -0.1) is 0 Å². The van der Waals surface area contributed by atoms with Crippen LogP contribution in [-0.2, 0) is 0 Å². The Morgan fingerprint density at radius 1 is 1.33 bits per heavy atom. The van der Waals surface area contributed by atoms with Crippen LogP contribution in [0.4, 0.5) is 8.78 Å². The summed E-state index contributed by atoms with van der Waals surface area (Å²) >= 11 is 0. The van der Waals surface area contributed by atoms with Crippen LogP contribution in [0.5, 0.6) is 0 Å². The van der Waals surface area contributed by atoms with Crippen LogP contribution in [0.15, 0.2) is 30.3 Å². The molecule has 0 saturated heterocycles. The normalized spacial score (nSPS) is 11.1. The first-order valence-corrected chi connectivity index (χ1v) is 4.37. The predicted molar refractivity (Wildman–Crippen MR) is 50.8 cm³/mol. The molecule has 0 aliphatic carbocycles. The number of hydrogen-bond acceptors (Lipinski definition) is 2. The molecule has 0 aliphatic rings. The Morgan fingerprint density at radius 3 is 2.47 bits per heavy atom. The minimum atomic E-state index is -3.27. The maximum absolute atomic E-state index is 12.6. The number of benzene rings is 1. The highest BCUT2D eigenvalue weighted by molar-refractivity contribution is 5.94. The Morgan fingerprint density at radius 2 is 1.93 bits per heavy atom. The average Bonchev–Trinajstić information content (AvgIpc) is 2.27. The Labute approximate surface area is 85.7 Å². The predicted octanol–water partition coefficient (Wildman–Crippen LogP) is 1.04. The molecule has 5 heteroatoms. The lowest BCUT2D eigenvalue weighted by atomic mass is 10.2. The third-order valence-corrected chi connectivity index (χ3v) is 1.77. The number of amides is 1. The van der Waals surface area contributed by atoms with Gasteiger partial charge in [-0.1, -0.05) is 18.2 Å². The highest BCUT2D eigenvalue weighted by atomic mass is 19.3. The number of rotatable bonds is 4. The first kappa shape index (κ1) is 11.6. The van der Waals surface area contributed by atoms with Crippen molar-refractivity contribution in [3.8, 4) is 0 Å². The van der Waals surface area contributed by atoms with Crippen molar-refractivity contribution in [2.45, 2.75) is 5.92 Å². The minimum Gasteiger partial charge on any atom is -0.390 e. The molecule has 2 N–H and O–H groups in total. The zero-order chi connectivity index (χ0) is 11.3. The number of carbonyl (C=O) groups is 1. The standard InChI is InChI=1S/C10H11F2NO2/c11-10(12,7-14)6-13-9(15)8-4-2-1-3-5-8/h1-5,14H,6-7H2,(H,13,15). The Hall–Kier alpha value is -1.49. The van der Waals surface area contributed by atoms with Gasteiger partial charge in [-0.3, -0.25) is 4.79 Å². The van der Waals surface area contributed by atoms with Crippen LogP contribution in [0.1, 0.15) is 10.4 Å². The molecule has 0 heterocycles. The number of halogens is 2. The third-order valence-electron chi connectivity index (χ3n) is 1.77. The molecule has 0 unspecified atom stereocenters. The van der Waals surface area contributed by atoms with E-state index in [1.165, 1.54) is 12.1 Å². The van der Waals surface area contributed by atoms with Crippen LogP contribution in [0.3, 0.4) is 0 Å². The van der Waals surface area contributed by atoms with Crippen molar-refractivity contribution in [3.63, 3.8) is 0 Å². The van der Waals surface area contributed by atoms with Crippen LogP contribution in [0, 0.1) is 0 Å². The molecule has 3 nitrogen and oxygen atoms in total. The maximum atomic E-state index is 12.6. The molecular formula is C10H11F2NO2. The van der Waals surface area contributed by atoms with Gasteiger partial charge in [-0.25, -0.2) is 8.78 Å². The van der Waals surface area contributed by atoms with Crippen molar-refractivity contribution >= 4 is 5.91 Å². The SMILES string of the molecule is O=C(NCC(F)(F)CO)c1ccccc1. The lowest BCUT2D eigenvalue weighted by Crippen LogP contribution is -2.38. The van der Waals surface area contributed by atoms with Gasteiger partial charge < -0.3 is 10.4 Å². The average molecular weight is 215 g/mol. The molecule has 0 bridgehead atoms. The van der Waals surface area contributed by atoms with Crippen LogP contribution in [-0.4, -0.2) is 30.1 Å². The number of alkyl halides is 2. The monoisotopic (exact) mass is 215 g/mol. The largest absolute Gasteiger partial charge is 0.390 e. The maximum Gasteiger partial charge on any atom is 0.287 e. The van der Waals surface area contributed by atoms with Gasteiger partial charge in [0.2, 0.25) is 0 Å². The second-order valence-corrected chi connectivity index (χ2v) is 3.06. The van der Waals surface area contributed by atoms with E-state index in [0.29, 0.717) is 5.56 Å². The van der Waals surface area contributed by atoms with Crippen LogP contribution in [0.2, 0.25) is 0 Å². The quantitative estimate of drug-likeness (QED) is 0.788. The van der Waals surface area contributed by atoms with E-state index >= 15 is 0 Å². The molecule has 1 aromatic carbocycles. The first-order valence-electron chi connectivity index (χ1n) is 4.37. The zero-order valence-electron chi connectivity index (χ0n) is 7.91. The number of aliphatic hydroxyl groups is 1. The molecule has 0 spiro atoms. The third kappa shape index (κ3) is 3.63. The van der Waals surface area contributed by atoms with E-state index in [9.17, 15) is 13.6 Å². The second-order valence-electron chi connectivity index (χ2n) is 3.06. The Bertz CT molecular complexity index is 327. The molecule has 0 atom stereocenters. The van der Waals surface area contributed by atoms with Crippen molar-refractivity contribution in [1.82, 2.24) is 5.32 Å². The molecule has 1 amide bonds. The topological polar surface area (TPSA) is 49.3 Å². The number of hydrogen-bond donors (Lipinski definition) is 2. The fraction of sp³-hybridized carbons (Fsp3) is 0.300. The summed E-state index contributed by atoms with van der Waals surface area (Å²) in [7, 11) is 0. The lowest BCUT2D eigenvalue weighted by molar-refractivity contribution is -0.0462. The summed E-state index contributed by atoms with van der Waals surface area (Å²) in [5.41, 5.74) is 0.311. The van der Waals surface area contributed by atoms with Gasteiger partial charge in [0.05, 0.1) is 6.54 Å². The summed E-state index contributed by atoms with van der Waals surface area (Å²) in [6, 6.07) is 8.04. The van der Waals surface area contributed by atoms with Crippen LogP contribution >= 0.6 is 0 Å². The van der Waals surface area contributed by atoms with E-state index in [1.54, 1.807) is 18.2 Å². The van der Waals surface area contributed by atoms with Crippen LogP contribution in [0.25, 0.3) is 0 Å². The smallest absolute Gasteiger partial charge is 0.287 e. The molecule has 1 rings (SSSR count). The fourth-order valence-corrected chi connectivity index (χ4v) is 0.957. The molecule has 0 saturated carbocycles. The van der Waals surface area contributed by atoms with Gasteiger partial charge in [-0.2, -0.15) is 0 Å². The molecule has 0 radical (unpaired) electrons. The minimum absolute atomic E-state index is 0.311. The molecule has 82 valence electrons. The highest BCUT2D eigenvalue weighted by Gasteiger charge is 2.28. The number of aliphatic hydroxyl groups excluding tert-OH is 1. The van der Waals surface area contributed by atoms with Gasteiger partial charge >= 0.3 is 0 Å². The van der Waals surface area contributed by atoms with E-state index in [-0.39, 0.29) is 0 Å². The summed E-state index contributed by atoms with van der Waals surface area (Å²) in [6.45, 7) is -2.14. The first-order chi connectivity index (χ1) is 7.05. The van der Waals surface area contributed by atoms with Crippen molar-refractivity contribution in [2.75, 3.05) is 13.2 Å². The summed E-state index contributed by atoms with van der Waals surface area (Å²) < 4.78 is 25.1. The fourth-order valence-electron chi connectivity index (χ4n) is 0.957. The molecule has 0 aromatic heterocycles. The van der Waals surface area contributed by atoms with Gasteiger partial charge in [0.1, 0.15) is 6.61 Å². The van der Waals surface area contributed by atoms with Gasteiger partial charge in [0, 0.05) is 5.56 Å². The van der Waals surface area contributed by atoms with Crippen molar-refractivity contribution in [1.29, 1.82) is 0 Å². The van der Waals surface area contributed by atoms with E-state index < -0.39 is 25.0 Å². The van der Waals surface area contributed by atoms with Gasteiger partial charge in [-0.05, 0) is 12.1 Å². The highest BCUT2D eigenvalue weighted by Crippen LogP contribution is 2.10. The van der Waals surface area contributed by atoms with Crippen molar-refractivity contribution in [3.05, 3.63) is 35.9 Å². The van der Waals surface area contributed by atoms with Crippen molar-refractivity contribution < 1.29 is 18.7 Å². The van der Waals surface area contributed by atoms with Crippen molar-refractivity contribution in [2.24, 2.45) is 0 Å². The zero-order valence-corrected chi connectivity index (χ0v) is 7.91. The van der Waals surface area contributed by atoms with Gasteiger partial charge in [0.25, 0.3) is 11.8 Å². The summed E-state index contributed by atoms with van der Waals surface area (Å²) in [4.78, 5) is 11.3. The summed E-state index contributed by atoms with van der Waals surface area (Å²) in [5, 5.41) is 10.3. The van der Waals surface area contributed by atoms with E-state index in [4.69, 9.17) is 5.11 Å². The molecule has 1 aromatic rings. The molecule has 15 heavy (non-hydrogen) atoms. The summed E-state index contributed by atoms with van der Waals surface area (Å²) in [5.74, 6) is -3.85. The van der Waals surface area contributed by atoms with E-state index in [0.717, 1.165) is 0 Å². The van der Waals surface area contributed by atoms with Gasteiger partial charge in [0.15, 0.2) is 0 Å². The Kier molecular flexibility index (Phi) is 3.74. The second kappa shape index (κ2) is 4.84.